The SMILES string of the molecule is COc1cc(OC)c2nc(-c3ccc(CCN)cc3)cc(C)c2c1. The van der Waals surface area contributed by atoms with Crippen molar-refractivity contribution in [1.82, 2.24) is 4.98 Å². The number of hydrogen-bond acceptors (Lipinski definition) is 4. The van der Waals surface area contributed by atoms with E-state index in [4.69, 9.17) is 20.2 Å². The molecule has 0 saturated carbocycles. The molecule has 1 heterocycles. The molecule has 124 valence electrons. The smallest absolute Gasteiger partial charge is 0.148 e. The van der Waals surface area contributed by atoms with Crippen LogP contribution in [0.15, 0.2) is 42.5 Å². The first kappa shape index (κ1) is 16.3. The Hall–Kier alpha value is -2.59. The summed E-state index contributed by atoms with van der Waals surface area (Å²) in [4.78, 5) is 4.82. The molecule has 0 saturated heterocycles. The van der Waals surface area contributed by atoms with Crippen LogP contribution in [-0.4, -0.2) is 25.7 Å². The summed E-state index contributed by atoms with van der Waals surface area (Å²) in [6.45, 7) is 2.74. The zero-order valence-electron chi connectivity index (χ0n) is 14.3. The van der Waals surface area contributed by atoms with Gasteiger partial charge in [0, 0.05) is 17.0 Å². The monoisotopic (exact) mass is 322 g/mol. The highest BCUT2D eigenvalue weighted by atomic mass is 16.5. The van der Waals surface area contributed by atoms with Crippen molar-refractivity contribution in [2.24, 2.45) is 5.73 Å². The molecule has 0 aliphatic rings. The Balaban J connectivity index is 2.12. The molecule has 3 rings (SSSR count). The van der Waals surface area contributed by atoms with Crippen LogP contribution >= 0.6 is 0 Å². The average Bonchev–Trinajstić information content (AvgIpc) is 2.61. The van der Waals surface area contributed by atoms with E-state index >= 15 is 0 Å². The quantitative estimate of drug-likeness (QED) is 0.777. The first-order valence-electron chi connectivity index (χ1n) is 7.99. The Morgan fingerprint density at radius 1 is 1.00 bits per heavy atom. The Labute approximate surface area is 142 Å². The molecule has 24 heavy (non-hydrogen) atoms. The standard InChI is InChI=1S/C20H22N2O2/c1-13-10-18(15-6-4-14(5-7-15)8-9-21)22-20-17(13)11-16(23-2)12-19(20)24-3/h4-7,10-12H,8-9,21H2,1-3H3. The van der Waals surface area contributed by atoms with Crippen LogP contribution in [0.5, 0.6) is 11.5 Å². The minimum absolute atomic E-state index is 0.658. The third-order valence-corrected chi connectivity index (χ3v) is 4.20. The van der Waals surface area contributed by atoms with Crippen molar-refractivity contribution in [3.8, 4) is 22.8 Å². The summed E-state index contributed by atoms with van der Waals surface area (Å²) in [6, 6.07) is 14.4. The maximum Gasteiger partial charge on any atom is 0.148 e. The summed E-state index contributed by atoms with van der Waals surface area (Å²) < 4.78 is 10.9. The average molecular weight is 322 g/mol. The second kappa shape index (κ2) is 6.89. The van der Waals surface area contributed by atoms with Crippen LogP contribution in [0.1, 0.15) is 11.1 Å². The van der Waals surface area contributed by atoms with Crippen molar-refractivity contribution in [1.29, 1.82) is 0 Å². The summed E-state index contributed by atoms with van der Waals surface area (Å²) in [7, 11) is 3.31. The third-order valence-electron chi connectivity index (χ3n) is 4.20. The molecule has 0 aliphatic heterocycles. The molecule has 2 aromatic carbocycles. The van der Waals surface area contributed by atoms with Crippen LogP contribution < -0.4 is 15.2 Å². The van der Waals surface area contributed by atoms with E-state index in [9.17, 15) is 0 Å². The molecule has 0 amide bonds. The number of nitrogens with zero attached hydrogens (tertiary/aromatic N) is 1. The molecule has 4 nitrogen and oxygen atoms in total. The van der Waals surface area contributed by atoms with Gasteiger partial charge < -0.3 is 15.2 Å². The zero-order valence-corrected chi connectivity index (χ0v) is 14.3. The highest BCUT2D eigenvalue weighted by Gasteiger charge is 2.11. The maximum atomic E-state index is 5.61. The third kappa shape index (κ3) is 3.05. The lowest BCUT2D eigenvalue weighted by Crippen LogP contribution is -2.02. The Bertz CT molecular complexity index is 858. The van der Waals surface area contributed by atoms with Gasteiger partial charge in [-0.2, -0.15) is 0 Å². The van der Waals surface area contributed by atoms with E-state index in [-0.39, 0.29) is 0 Å². The summed E-state index contributed by atoms with van der Waals surface area (Å²) in [6.07, 6.45) is 0.887. The van der Waals surface area contributed by atoms with Crippen LogP contribution in [0.25, 0.3) is 22.2 Å². The first-order valence-corrected chi connectivity index (χ1v) is 7.99. The molecule has 0 aliphatic carbocycles. The lowest BCUT2D eigenvalue weighted by atomic mass is 10.0. The van der Waals surface area contributed by atoms with Gasteiger partial charge in [-0.05, 0) is 43.1 Å². The van der Waals surface area contributed by atoms with E-state index in [0.717, 1.165) is 39.9 Å². The summed E-state index contributed by atoms with van der Waals surface area (Å²) in [5, 5.41) is 1.04. The first-order chi connectivity index (χ1) is 11.7. The molecule has 1 aromatic heterocycles. The minimum atomic E-state index is 0.658. The number of methoxy groups -OCH3 is 2. The van der Waals surface area contributed by atoms with E-state index in [1.165, 1.54) is 5.56 Å². The molecule has 0 spiro atoms. The van der Waals surface area contributed by atoms with Crippen molar-refractivity contribution in [3.05, 3.63) is 53.6 Å². The van der Waals surface area contributed by atoms with Crippen molar-refractivity contribution in [3.63, 3.8) is 0 Å². The van der Waals surface area contributed by atoms with Gasteiger partial charge in [0.1, 0.15) is 17.0 Å². The Morgan fingerprint density at radius 3 is 2.38 bits per heavy atom. The minimum Gasteiger partial charge on any atom is -0.497 e. The van der Waals surface area contributed by atoms with Gasteiger partial charge in [-0.15, -0.1) is 0 Å². The van der Waals surface area contributed by atoms with Crippen LogP contribution in [0.2, 0.25) is 0 Å². The van der Waals surface area contributed by atoms with Gasteiger partial charge in [-0.25, -0.2) is 4.98 Å². The Kier molecular flexibility index (Phi) is 4.67. The number of nitrogens with two attached hydrogens (primary N) is 1. The topological polar surface area (TPSA) is 57.4 Å². The lowest BCUT2D eigenvalue weighted by Gasteiger charge is -2.12. The number of aryl methyl sites for hydroxylation is 1. The fraction of sp³-hybridized carbons (Fsp3) is 0.250. The molecular weight excluding hydrogens is 300 g/mol. The summed E-state index contributed by atoms with van der Waals surface area (Å²) in [5.41, 5.74) is 10.8. The maximum absolute atomic E-state index is 5.61. The lowest BCUT2D eigenvalue weighted by molar-refractivity contribution is 0.397. The number of fused-ring (bicyclic) bond motifs is 1. The van der Waals surface area contributed by atoms with Crippen molar-refractivity contribution in [2.45, 2.75) is 13.3 Å². The number of benzene rings is 2. The number of pyridine rings is 1. The van der Waals surface area contributed by atoms with Crippen LogP contribution in [-0.2, 0) is 6.42 Å². The van der Waals surface area contributed by atoms with Gasteiger partial charge in [0.2, 0.25) is 0 Å². The van der Waals surface area contributed by atoms with Gasteiger partial charge in [-0.3, -0.25) is 0 Å². The van der Waals surface area contributed by atoms with Gasteiger partial charge in [0.25, 0.3) is 0 Å². The number of hydrogen-bond donors (Lipinski definition) is 1. The van der Waals surface area contributed by atoms with E-state index in [1.807, 2.05) is 12.1 Å². The van der Waals surface area contributed by atoms with Crippen LogP contribution in [0.3, 0.4) is 0 Å². The normalized spacial score (nSPS) is 10.8. The molecule has 3 aromatic rings. The van der Waals surface area contributed by atoms with Crippen molar-refractivity contribution in [2.75, 3.05) is 20.8 Å². The van der Waals surface area contributed by atoms with E-state index in [2.05, 4.69) is 37.3 Å². The highest BCUT2D eigenvalue weighted by molar-refractivity contribution is 5.91. The van der Waals surface area contributed by atoms with Gasteiger partial charge in [-0.1, -0.05) is 24.3 Å². The second-order valence-corrected chi connectivity index (χ2v) is 5.79. The fourth-order valence-electron chi connectivity index (χ4n) is 2.86. The molecule has 0 radical (unpaired) electrons. The number of ether oxygens (including phenoxy) is 2. The molecule has 0 atom stereocenters. The molecular formula is C20H22N2O2. The fourth-order valence-corrected chi connectivity index (χ4v) is 2.86. The molecule has 2 N–H and O–H groups in total. The van der Waals surface area contributed by atoms with Gasteiger partial charge >= 0.3 is 0 Å². The van der Waals surface area contributed by atoms with E-state index < -0.39 is 0 Å². The molecule has 0 fully saturated rings. The molecule has 0 unspecified atom stereocenters. The molecule has 0 bridgehead atoms. The second-order valence-electron chi connectivity index (χ2n) is 5.79. The van der Waals surface area contributed by atoms with Gasteiger partial charge in [0.05, 0.1) is 19.9 Å². The van der Waals surface area contributed by atoms with E-state index in [1.54, 1.807) is 14.2 Å². The zero-order chi connectivity index (χ0) is 17.1. The Morgan fingerprint density at radius 2 is 1.75 bits per heavy atom. The summed E-state index contributed by atoms with van der Waals surface area (Å²) in [5.74, 6) is 1.48. The molecule has 4 heteroatoms. The van der Waals surface area contributed by atoms with Gasteiger partial charge in [0.15, 0.2) is 0 Å². The predicted molar refractivity (Wildman–Crippen MR) is 97.8 cm³/mol. The number of rotatable bonds is 5. The predicted octanol–water partition coefficient (Wildman–Crippen LogP) is 3.73. The van der Waals surface area contributed by atoms with Crippen LogP contribution in [0.4, 0.5) is 0 Å². The summed E-state index contributed by atoms with van der Waals surface area (Å²) >= 11 is 0. The largest absolute Gasteiger partial charge is 0.497 e. The van der Waals surface area contributed by atoms with Crippen LogP contribution in [0, 0.1) is 6.92 Å². The highest BCUT2D eigenvalue weighted by Crippen LogP contribution is 2.34. The van der Waals surface area contributed by atoms with Crippen molar-refractivity contribution >= 4 is 10.9 Å². The number of aromatic nitrogens is 1. The van der Waals surface area contributed by atoms with Crippen molar-refractivity contribution < 1.29 is 9.47 Å². The van der Waals surface area contributed by atoms with E-state index in [0.29, 0.717) is 12.3 Å².